The van der Waals surface area contributed by atoms with E-state index >= 15 is 0 Å². The third-order valence-electron chi connectivity index (χ3n) is 6.07. The van der Waals surface area contributed by atoms with E-state index in [-0.39, 0.29) is 11.8 Å². The molecule has 1 saturated heterocycles. The topological polar surface area (TPSA) is 40.6 Å². The first-order valence-electron chi connectivity index (χ1n) is 10.4. The Morgan fingerprint density at radius 3 is 2.21 bits per heavy atom. The second-order valence-electron chi connectivity index (χ2n) is 8.50. The summed E-state index contributed by atoms with van der Waals surface area (Å²) in [6, 6.07) is 13.7. The molecule has 0 bridgehead atoms. The highest BCUT2D eigenvalue weighted by Crippen LogP contribution is 2.37. The van der Waals surface area contributed by atoms with E-state index in [1.54, 1.807) is 0 Å². The van der Waals surface area contributed by atoms with Gasteiger partial charge in [0.1, 0.15) is 5.70 Å². The lowest BCUT2D eigenvalue weighted by molar-refractivity contribution is -0.120. The lowest BCUT2D eigenvalue weighted by Gasteiger charge is -2.32. The zero-order chi connectivity index (χ0) is 20.7. The minimum atomic E-state index is -0.221. The third-order valence-corrected chi connectivity index (χ3v) is 6.07. The summed E-state index contributed by atoms with van der Waals surface area (Å²) in [6.07, 6.45) is 2.07. The summed E-state index contributed by atoms with van der Waals surface area (Å²) in [4.78, 5) is 30.7. The van der Waals surface area contributed by atoms with Gasteiger partial charge in [0, 0.05) is 13.1 Å². The van der Waals surface area contributed by atoms with Crippen molar-refractivity contribution in [3.05, 3.63) is 70.4 Å². The quantitative estimate of drug-likeness (QED) is 0.720. The average molecular weight is 389 g/mol. The molecule has 4 rings (SSSR count). The van der Waals surface area contributed by atoms with Crippen LogP contribution in [0.5, 0.6) is 0 Å². The van der Waals surface area contributed by atoms with Crippen LogP contribution in [-0.4, -0.2) is 29.8 Å². The zero-order valence-corrected chi connectivity index (χ0v) is 17.7. The number of imide groups is 1. The van der Waals surface area contributed by atoms with E-state index < -0.39 is 0 Å². The predicted molar refractivity (Wildman–Crippen MR) is 116 cm³/mol. The lowest BCUT2D eigenvalue weighted by Crippen LogP contribution is -2.38. The second-order valence-corrected chi connectivity index (χ2v) is 8.50. The first-order chi connectivity index (χ1) is 13.9. The predicted octanol–water partition coefficient (Wildman–Crippen LogP) is 4.63. The van der Waals surface area contributed by atoms with Crippen molar-refractivity contribution in [2.75, 3.05) is 18.0 Å². The van der Waals surface area contributed by atoms with Crippen molar-refractivity contribution in [1.82, 2.24) is 4.90 Å². The fraction of sp³-hybridized carbons (Fsp3) is 0.360. The number of anilines is 1. The number of hydrogen-bond acceptors (Lipinski definition) is 3. The van der Waals surface area contributed by atoms with Crippen molar-refractivity contribution in [1.29, 1.82) is 0 Å². The van der Waals surface area contributed by atoms with Gasteiger partial charge >= 0.3 is 0 Å². The molecule has 0 aromatic heterocycles. The molecule has 0 radical (unpaired) electrons. The molecule has 0 aliphatic carbocycles. The number of nitrogens with zero attached hydrogens (tertiary/aromatic N) is 2. The molecule has 1 fully saturated rings. The van der Waals surface area contributed by atoms with Crippen molar-refractivity contribution in [3.8, 4) is 0 Å². The number of amides is 2. The van der Waals surface area contributed by atoms with Crippen LogP contribution >= 0.6 is 0 Å². The molecule has 4 nitrogen and oxygen atoms in total. The SMILES string of the molecule is Cc1cccc(N2C(=O)C(c3ccc(C)cc3C)=C(N3CCC(C)CC3)C2=O)c1. The standard InChI is InChI=1S/C25H28N2O2/c1-16-10-12-26(13-11-16)23-22(21-9-8-18(3)14-19(21)4)24(28)27(25(23)29)20-7-5-6-17(2)15-20/h5-9,14-16H,10-13H2,1-4H3. The van der Waals surface area contributed by atoms with Gasteiger partial charge in [0.2, 0.25) is 0 Å². The molecule has 29 heavy (non-hydrogen) atoms. The van der Waals surface area contributed by atoms with E-state index in [1.165, 1.54) is 4.90 Å². The van der Waals surface area contributed by atoms with E-state index in [9.17, 15) is 9.59 Å². The molecule has 2 aliphatic rings. The van der Waals surface area contributed by atoms with E-state index in [0.29, 0.717) is 22.9 Å². The molecule has 2 aromatic rings. The Morgan fingerprint density at radius 2 is 1.55 bits per heavy atom. The maximum atomic E-state index is 13.6. The number of benzene rings is 2. The highest BCUT2D eigenvalue weighted by molar-refractivity contribution is 6.45. The highest BCUT2D eigenvalue weighted by atomic mass is 16.2. The largest absolute Gasteiger partial charge is 0.366 e. The van der Waals surface area contributed by atoms with Gasteiger partial charge in [0.15, 0.2) is 0 Å². The van der Waals surface area contributed by atoms with Crippen LogP contribution in [0.3, 0.4) is 0 Å². The van der Waals surface area contributed by atoms with Crippen LogP contribution < -0.4 is 4.90 Å². The Bertz CT molecular complexity index is 1010. The summed E-state index contributed by atoms with van der Waals surface area (Å²) >= 11 is 0. The lowest BCUT2D eigenvalue weighted by atomic mass is 9.95. The number of piperidine rings is 1. The Balaban J connectivity index is 1.85. The number of rotatable bonds is 3. The van der Waals surface area contributed by atoms with E-state index in [4.69, 9.17) is 0 Å². The monoisotopic (exact) mass is 388 g/mol. The third kappa shape index (κ3) is 3.48. The number of carbonyl (C=O) groups is 2. The van der Waals surface area contributed by atoms with Crippen LogP contribution in [0.2, 0.25) is 0 Å². The summed E-state index contributed by atoms with van der Waals surface area (Å²) in [5.41, 5.74) is 5.80. The molecule has 2 aromatic carbocycles. The van der Waals surface area contributed by atoms with Crippen LogP contribution in [0.1, 0.15) is 42.0 Å². The summed E-state index contributed by atoms with van der Waals surface area (Å²) in [5, 5.41) is 0. The number of aryl methyl sites for hydroxylation is 3. The summed E-state index contributed by atoms with van der Waals surface area (Å²) in [5.74, 6) is 0.225. The van der Waals surface area contributed by atoms with Gasteiger partial charge in [-0.3, -0.25) is 9.59 Å². The number of hydrogen-bond donors (Lipinski definition) is 0. The Labute approximate surface area is 172 Å². The smallest absolute Gasteiger partial charge is 0.282 e. The van der Waals surface area contributed by atoms with Crippen LogP contribution in [0.4, 0.5) is 5.69 Å². The van der Waals surface area contributed by atoms with Gasteiger partial charge in [-0.1, -0.05) is 42.8 Å². The highest BCUT2D eigenvalue weighted by Gasteiger charge is 2.43. The van der Waals surface area contributed by atoms with Gasteiger partial charge in [-0.05, 0) is 68.4 Å². The average Bonchev–Trinajstić information content (AvgIpc) is 2.93. The Morgan fingerprint density at radius 1 is 0.862 bits per heavy atom. The molecule has 2 aliphatic heterocycles. The minimum Gasteiger partial charge on any atom is -0.366 e. The first-order valence-corrected chi connectivity index (χ1v) is 10.4. The fourth-order valence-corrected chi connectivity index (χ4v) is 4.38. The Hall–Kier alpha value is -2.88. The molecule has 2 amide bonds. The minimum absolute atomic E-state index is 0.204. The molecule has 0 saturated carbocycles. The molecular weight excluding hydrogens is 360 g/mol. The van der Waals surface area contributed by atoms with Gasteiger partial charge < -0.3 is 4.90 Å². The van der Waals surface area contributed by atoms with Gasteiger partial charge in [-0.15, -0.1) is 0 Å². The van der Waals surface area contributed by atoms with Crippen LogP contribution in [0, 0.1) is 26.7 Å². The summed E-state index contributed by atoms with van der Waals surface area (Å²) < 4.78 is 0. The van der Waals surface area contributed by atoms with E-state index in [1.807, 2.05) is 57.2 Å². The van der Waals surface area contributed by atoms with Crippen LogP contribution in [0.25, 0.3) is 5.57 Å². The normalized spacial score (nSPS) is 18.2. The molecule has 0 spiro atoms. The van der Waals surface area contributed by atoms with Crippen LogP contribution in [-0.2, 0) is 9.59 Å². The fourth-order valence-electron chi connectivity index (χ4n) is 4.38. The molecule has 4 heteroatoms. The second kappa shape index (κ2) is 7.51. The molecule has 150 valence electrons. The Kier molecular flexibility index (Phi) is 5.03. The number of carbonyl (C=O) groups excluding carboxylic acids is 2. The maximum Gasteiger partial charge on any atom is 0.282 e. The van der Waals surface area contributed by atoms with Crippen molar-refractivity contribution in [2.45, 2.75) is 40.5 Å². The molecular formula is C25H28N2O2. The molecule has 0 N–H and O–H groups in total. The summed E-state index contributed by atoms with van der Waals surface area (Å²) in [6.45, 7) is 9.89. The van der Waals surface area contributed by atoms with Crippen molar-refractivity contribution in [2.24, 2.45) is 5.92 Å². The van der Waals surface area contributed by atoms with Crippen LogP contribution in [0.15, 0.2) is 48.2 Å². The van der Waals surface area contributed by atoms with Crippen molar-refractivity contribution in [3.63, 3.8) is 0 Å². The number of likely N-dealkylation sites (tertiary alicyclic amines) is 1. The van der Waals surface area contributed by atoms with Crippen molar-refractivity contribution >= 4 is 23.1 Å². The van der Waals surface area contributed by atoms with E-state index in [2.05, 4.69) is 17.9 Å². The van der Waals surface area contributed by atoms with Gasteiger partial charge in [0.25, 0.3) is 11.8 Å². The van der Waals surface area contributed by atoms with Gasteiger partial charge in [-0.2, -0.15) is 0 Å². The van der Waals surface area contributed by atoms with E-state index in [0.717, 1.165) is 48.2 Å². The molecule has 2 heterocycles. The van der Waals surface area contributed by atoms with Crippen molar-refractivity contribution < 1.29 is 9.59 Å². The van der Waals surface area contributed by atoms with Gasteiger partial charge in [0.05, 0.1) is 11.3 Å². The molecule has 0 unspecified atom stereocenters. The zero-order valence-electron chi connectivity index (χ0n) is 17.7. The van der Waals surface area contributed by atoms with Gasteiger partial charge in [-0.25, -0.2) is 4.90 Å². The molecule has 0 atom stereocenters. The first kappa shape index (κ1) is 19.4. The maximum absolute atomic E-state index is 13.6. The summed E-state index contributed by atoms with van der Waals surface area (Å²) in [7, 11) is 0.